The Kier molecular flexibility index (Phi) is 6.39. The number of halogens is 2. The topological polar surface area (TPSA) is 41.5 Å². The number of rotatable bonds is 4. The van der Waals surface area contributed by atoms with Crippen LogP contribution < -0.4 is 5.32 Å². The molecule has 0 spiro atoms. The lowest BCUT2D eigenvalue weighted by atomic mass is 9.93. The van der Waals surface area contributed by atoms with Gasteiger partial charge in [0.2, 0.25) is 0 Å². The van der Waals surface area contributed by atoms with Crippen molar-refractivity contribution in [2.45, 2.75) is 63.8 Å². The largest absolute Gasteiger partial charge is 0.349 e. The van der Waals surface area contributed by atoms with Crippen molar-refractivity contribution >= 4 is 51.7 Å². The average Bonchev–Trinajstić information content (AvgIpc) is 3.06. The van der Waals surface area contributed by atoms with E-state index in [2.05, 4.69) is 5.32 Å². The molecule has 148 valence electrons. The maximum atomic E-state index is 13.2. The maximum absolute atomic E-state index is 13.2. The van der Waals surface area contributed by atoms with Crippen molar-refractivity contribution in [3.8, 4) is 0 Å². The summed E-state index contributed by atoms with van der Waals surface area (Å²) in [6.07, 6.45) is 11.9. The zero-order valence-corrected chi connectivity index (χ0v) is 18.1. The summed E-state index contributed by atoms with van der Waals surface area (Å²) in [6, 6.07) is 5.65. The zero-order valence-electron chi connectivity index (χ0n) is 15.8. The van der Waals surface area contributed by atoms with Crippen LogP contribution in [-0.4, -0.2) is 18.2 Å². The number of amides is 1. The second-order valence-electron chi connectivity index (χ2n) is 7.62. The van der Waals surface area contributed by atoms with Crippen molar-refractivity contribution in [1.82, 2.24) is 5.32 Å². The third-order valence-electron chi connectivity index (χ3n) is 5.60. The molecule has 2 aliphatic rings. The molecule has 1 saturated carbocycles. The van der Waals surface area contributed by atoms with Gasteiger partial charge in [-0.15, -0.1) is 11.3 Å². The van der Waals surface area contributed by atoms with Crippen LogP contribution in [0, 0.1) is 0 Å². The smallest absolute Gasteiger partial charge is 0.254 e. The predicted octanol–water partition coefficient (Wildman–Crippen LogP) is 6.75. The van der Waals surface area contributed by atoms with Crippen molar-refractivity contribution in [2.24, 2.45) is 4.99 Å². The molecule has 2 aliphatic carbocycles. The summed E-state index contributed by atoms with van der Waals surface area (Å²) in [5.41, 5.74) is 2.79. The molecule has 28 heavy (non-hydrogen) atoms. The normalized spacial score (nSPS) is 17.6. The lowest BCUT2D eigenvalue weighted by Gasteiger charge is -2.23. The van der Waals surface area contributed by atoms with Gasteiger partial charge in [-0.25, -0.2) is 4.99 Å². The van der Waals surface area contributed by atoms with E-state index < -0.39 is 0 Å². The van der Waals surface area contributed by atoms with E-state index >= 15 is 0 Å². The second kappa shape index (κ2) is 8.98. The number of aliphatic imine (C=N–C) groups is 1. The van der Waals surface area contributed by atoms with Crippen LogP contribution in [0.25, 0.3) is 0 Å². The van der Waals surface area contributed by atoms with Crippen LogP contribution in [0.15, 0.2) is 23.2 Å². The van der Waals surface area contributed by atoms with Gasteiger partial charge in [0.1, 0.15) is 5.00 Å². The first kappa shape index (κ1) is 19.9. The van der Waals surface area contributed by atoms with Gasteiger partial charge in [0.15, 0.2) is 0 Å². The number of carbonyl (C=O) groups is 1. The summed E-state index contributed by atoms with van der Waals surface area (Å²) < 4.78 is 0. The Bertz CT molecular complexity index is 900. The Morgan fingerprint density at radius 2 is 1.89 bits per heavy atom. The van der Waals surface area contributed by atoms with E-state index in [1.807, 2.05) is 6.07 Å². The number of carbonyl (C=O) groups excluding carboxylic acids is 1. The highest BCUT2D eigenvalue weighted by Crippen LogP contribution is 2.40. The van der Waals surface area contributed by atoms with Crippen molar-refractivity contribution in [3.05, 3.63) is 49.8 Å². The van der Waals surface area contributed by atoms with E-state index in [0.717, 1.165) is 48.2 Å². The number of nitrogens with zero attached hydrogens (tertiary/aromatic N) is 1. The number of benzene rings is 1. The highest BCUT2D eigenvalue weighted by Gasteiger charge is 2.27. The van der Waals surface area contributed by atoms with Gasteiger partial charge in [-0.1, -0.05) is 48.5 Å². The van der Waals surface area contributed by atoms with E-state index in [1.165, 1.54) is 36.1 Å². The fraction of sp³-hybridized carbons (Fsp3) is 0.455. The molecule has 1 heterocycles. The molecule has 0 unspecified atom stereocenters. The summed E-state index contributed by atoms with van der Waals surface area (Å²) in [6.45, 7) is 0. The first-order valence-corrected chi connectivity index (χ1v) is 11.6. The highest BCUT2D eigenvalue weighted by atomic mass is 35.5. The molecule has 1 aromatic heterocycles. The summed E-state index contributed by atoms with van der Waals surface area (Å²) in [5.74, 6) is 0.0423. The molecule has 0 aliphatic heterocycles. The minimum absolute atomic E-state index is 0.0423. The van der Waals surface area contributed by atoms with Gasteiger partial charge in [-0.05, 0) is 56.2 Å². The van der Waals surface area contributed by atoms with Crippen LogP contribution in [0.4, 0.5) is 5.00 Å². The van der Waals surface area contributed by atoms with Gasteiger partial charge < -0.3 is 5.32 Å². The molecular weight excluding hydrogens is 411 g/mol. The first-order chi connectivity index (χ1) is 13.6. The van der Waals surface area contributed by atoms with E-state index in [-0.39, 0.29) is 5.91 Å². The van der Waals surface area contributed by atoms with Gasteiger partial charge in [-0.3, -0.25) is 4.79 Å². The highest BCUT2D eigenvalue weighted by molar-refractivity contribution is 7.16. The number of thiophene rings is 1. The third kappa shape index (κ3) is 4.45. The SMILES string of the molecule is O=C(NC1CCCCC1)c1c(N=Cc2ccc(Cl)cc2Cl)sc2c1CCCC2. The van der Waals surface area contributed by atoms with Crippen molar-refractivity contribution in [1.29, 1.82) is 0 Å². The average molecular weight is 435 g/mol. The Labute approximate surface area is 180 Å². The molecular formula is C22H24Cl2N2OS. The van der Waals surface area contributed by atoms with Gasteiger partial charge in [0, 0.05) is 27.7 Å². The number of hydrogen-bond acceptors (Lipinski definition) is 3. The third-order valence-corrected chi connectivity index (χ3v) is 7.37. The lowest BCUT2D eigenvalue weighted by molar-refractivity contribution is 0.0927. The monoisotopic (exact) mass is 434 g/mol. The summed E-state index contributed by atoms with van der Waals surface area (Å²) >= 11 is 13.9. The molecule has 1 amide bonds. The Balaban J connectivity index is 1.63. The van der Waals surface area contributed by atoms with Crippen LogP contribution in [-0.2, 0) is 12.8 Å². The Hall–Kier alpha value is -1.36. The first-order valence-electron chi connectivity index (χ1n) is 10.1. The van der Waals surface area contributed by atoms with Gasteiger partial charge >= 0.3 is 0 Å². The number of hydrogen-bond donors (Lipinski definition) is 1. The van der Waals surface area contributed by atoms with Gasteiger partial charge in [-0.2, -0.15) is 0 Å². The zero-order chi connectivity index (χ0) is 19.5. The summed E-state index contributed by atoms with van der Waals surface area (Å²) in [7, 11) is 0. The minimum Gasteiger partial charge on any atom is -0.349 e. The van der Waals surface area contributed by atoms with Crippen LogP contribution in [0.2, 0.25) is 10.0 Å². The summed E-state index contributed by atoms with van der Waals surface area (Å²) in [5, 5.41) is 5.24. The summed E-state index contributed by atoms with van der Waals surface area (Å²) in [4.78, 5) is 19.2. The van der Waals surface area contributed by atoms with Crippen molar-refractivity contribution in [3.63, 3.8) is 0 Å². The minimum atomic E-state index is 0.0423. The number of fused-ring (bicyclic) bond motifs is 1. The molecule has 0 bridgehead atoms. The molecule has 0 atom stereocenters. The molecule has 1 aromatic carbocycles. The standard InChI is InChI=1S/C22H24Cl2N2OS/c23-15-11-10-14(18(24)12-15)13-25-22-20(17-8-4-5-9-19(17)28-22)21(27)26-16-6-2-1-3-7-16/h10-13,16H,1-9H2,(H,26,27). The molecule has 1 N–H and O–H groups in total. The van der Waals surface area contributed by atoms with Crippen LogP contribution in [0.5, 0.6) is 0 Å². The lowest BCUT2D eigenvalue weighted by Crippen LogP contribution is -2.36. The molecule has 1 fully saturated rings. The Morgan fingerprint density at radius 1 is 1.11 bits per heavy atom. The maximum Gasteiger partial charge on any atom is 0.254 e. The fourth-order valence-corrected chi connectivity index (χ4v) is 5.80. The van der Waals surface area contributed by atoms with E-state index in [9.17, 15) is 4.79 Å². The van der Waals surface area contributed by atoms with Crippen LogP contribution in [0.1, 0.15) is 71.3 Å². The van der Waals surface area contributed by atoms with E-state index in [0.29, 0.717) is 16.1 Å². The molecule has 4 rings (SSSR count). The van der Waals surface area contributed by atoms with Gasteiger partial charge in [0.25, 0.3) is 5.91 Å². The molecule has 3 nitrogen and oxygen atoms in total. The van der Waals surface area contributed by atoms with E-state index in [4.69, 9.17) is 28.2 Å². The van der Waals surface area contributed by atoms with Gasteiger partial charge in [0.05, 0.1) is 10.6 Å². The predicted molar refractivity (Wildman–Crippen MR) is 119 cm³/mol. The van der Waals surface area contributed by atoms with Crippen LogP contribution in [0.3, 0.4) is 0 Å². The number of aryl methyl sites for hydroxylation is 1. The van der Waals surface area contributed by atoms with E-state index in [1.54, 1.807) is 29.7 Å². The molecule has 2 aromatic rings. The van der Waals surface area contributed by atoms with Crippen LogP contribution >= 0.6 is 34.5 Å². The molecule has 6 heteroatoms. The second-order valence-corrected chi connectivity index (χ2v) is 9.55. The quantitative estimate of drug-likeness (QED) is 0.531. The van der Waals surface area contributed by atoms with Crippen molar-refractivity contribution < 1.29 is 4.79 Å². The van der Waals surface area contributed by atoms with Crippen molar-refractivity contribution in [2.75, 3.05) is 0 Å². The molecule has 0 radical (unpaired) electrons. The number of nitrogens with one attached hydrogen (secondary N) is 1. The molecule has 0 saturated heterocycles. The Morgan fingerprint density at radius 3 is 2.68 bits per heavy atom. The fourth-order valence-electron chi connectivity index (χ4n) is 4.12.